The molecule has 1 aliphatic rings. The van der Waals surface area contributed by atoms with Crippen molar-refractivity contribution in [1.29, 1.82) is 0 Å². The number of anilines is 1. The molecule has 0 aliphatic carbocycles. The van der Waals surface area contributed by atoms with Gasteiger partial charge in [0.2, 0.25) is 5.75 Å². The van der Waals surface area contributed by atoms with Gasteiger partial charge in [0.05, 0.1) is 21.6 Å². The summed E-state index contributed by atoms with van der Waals surface area (Å²) in [7, 11) is 1.32. The second-order valence-electron chi connectivity index (χ2n) is 9.60. The number of aryl methyl sites for hydroxylation is 1. The van der Waals surface area contributed by atoms with Crippen LogP contribution in [0.2, 0.25) is 0 Å². The van der Waals surface area contributed by atoms with Gasteiger partial charge in [-0.25, -0.2) is 9.69 Å². The number of barbiturate groups is 1. The molecule has 0 radical (unpaired) electrons. The van der Waals surface area contributed by atoms with E-state index in [-0.39, 0.29) is 17.1 Å². The molecule has 43 heavy (non-hydrogen) atoms. The quantitative estimate of drug-likeness (QED) is 0.116. The number of nitro groups is 2. The van der Waals surface area contributed by atoms with Crippen molar-refractivity contribution in [3.05, 3.63) is 122 Å². The maximum Gasteiger partial charge on any atom is 0.338 e. The van der Waals surface area contributed by atoms with Gasteiger partial charge in [-0.15, -0.1) is 0 Å². The monoisotopic (exact) mass is 581 g/mol. The molecule has 13 heteroatoms. The molecule has 0 saturated carbocycles. The molecule has 0 unspecified atom stereocenters. The second kappa shape index (κ2) is 11.0. The third-order valence-electron chi connectivity index (χ3n) is 6.90. The van der Waals surface area contributed by atoms with E-state index in [1.165, 1.54) is 19.2 Å². The first-order chi connectivity index (χ1) is 20.5. The van der Waals surface area contributed by atoms with Gasteiger partial charge in [-0.3, -0.25) is 34.7 Å². The highest BCUT2D eigenvalue weighted by Crippen LogP contribution is 2.35. The summed E-state index contributed by atoms with van der Waals surface area (Å²) in [6.45, 7) is 3.65. The third kappa shape index (κ3) is 5.22. The van der Waals surface area contributed by atoms with E-state index < -0.39 is 39.1 Å². The van der Waals surface area contributed by atoms with Gasteiger partial charge in [0.1, 0.15) is 11.3 Å². The van der Waals surface area contributed by atoms with Crippen LogP contribution in [0.1, 0.15) is 17.0 Å². The zero-order valence-corrected chi connectivity index (χ0v) is 23.1. The van der Waals surface area contributed by atoms with E-state index in [1.807, 2.05) is 18.4 Å². The minimum atomic E-state index is -0.756. The van der Waals surface area contributed by atoms with E-state index in [9.17, 15) is 34.6 Å². The molecule has 4 amide bonds. The normalized spacial score (nSPS) is 14.4. The first kappa shape index (κ1) is 28.4. The maximum atomic E-state index is 13.4. The van der Waals surface area contributed by atoms with Gasteiger partial charge < -0.3 is 9.30 Å². The van der Waals surface area contributed by atoms with Crippen molar-refractivity contribution >= 4 is 41.0 Å². The van der Waals surface area contributed by atoms with Gasteiger partial charge in [0.25, 0.3) is 17.5 Å². The molecule has 0 spiro atoms. The zero-order chi connectivity index (χ0) is 31.0. The standard InChI is InChI=1S/C30H23N5O8/c1-18-15-20(16-25-28(36)31(3)30(38)33(29(25)37)21-7-5-4-6-8-21)19(2)32(18)22-9-12-24(13-10-22)43-27-14-11-23(34(39)40)17-26(27)35(41)42/h4-17H,1-3H3/b25-16+. The number of likely N-dealkylation sites (N-methyl/N-ethyl adjacent to an activating group) is 1. The number of hydrogen-bond acceptors (Lipinski definition) is 8. The summed E-state index contributed by atoms with van der Waals surface area (Å²) in [5, 5.41) is 22.4. The van der Waals surface area contributed by atoms with Crippen molar-refractivity contribution in [3.8, 4) is 17.2 Å². The van der Waals surface area contributed by atoms with E-state index in [0.29, 0.717) is 22.6 Å². The Morgan fingerprint density at radius 3 is 2.09 bits per heavy atom. The molecule has 0 N–H and O–H groups in total. The Morgan fingerprint density at radius 1 is 0.791 bits per heavy atom. The van der Waals surface area contributed by atoms with Crippen molar-refractivity contribution in [1.82, 2.24) is 9.47 Å². The van der Waals surface area contributed by atoms with Crippen LogP contribution in [0.15, 0.2) is 84.4 Å². The summed E-state index contributed by atoms with van der Waals surface area (Å²) >= 11 is 0. The number of imide groups is 2. The topological polar surface area (TPSA) is 158 Å². The first-order valence-electron chi connectivity index (χ1n) is 12.8. The summed E-state index contributed by atoms with van der Waals surface area (Å²) in [6, 6.07) is 19.1. The lowest BCUT2D eigenvalue weighted by atomic mass is 10.1. The minimum Gasteiger partial charge on any atom is -0.450 e. The lowest BCUT2D eigenvalue weighted by molar-refractivity contribution is -0.394. The lowest BCUT2D eigenvalue weighted by Gasteiger charge is -2.31. The number of non-ortho nitro benzene ring substituents is 1. The minimum absolute atomic E-state index is 0.152. The van der Waals surface area contributed by atoms with Crippen LogP contribution >= 0.6 is 0 Å². The molecule has 1 aromatic heterocycles. The van der Waals surface area contributed by atoms with E-state index >= 15 is 0 Å². The Morgan fingerprint density at radius 2 is 1.47 bits per heavy atom. The van der Waals surface area contributed by atoms with E-state index in [4.69, 9.17) is 4.74 Å². The number of ether oxygens (including phenoxy) is 1. The average Bonchev–Trinajstić information content (AvgIpc) is 3.27. The van der Waals surface area contributed by atoms with Crippen LogP contribution in [0.5, 0.6) is 11.5 Å². The van der Waals surface area contributed by atoms with Crippen molar-refractivity contribution in [3.63, 3.8) is 0 Å². The molecular formula is C30H23N5O8. The van der Waals surface area contributed by atoms with Gasteiger partial charge in [0.15, 0.2) is 0 Å². The summed E-state index contributed by atoms with van der Waals surface area (Å²) in [6.07, 6.45) is 1.47. The van der Waals surface area contributed by atoms with Gasteiger partial charge in [-0.05, 0) is 74.0 Å². The highest BCUT2D eigenvalue weighted by Gasteiger charge is 2.41. The molecule has 2 heterocycles. The van der Waals surface area contributed by atoms with Crippen LogP contribution in [0, 0.1) is 34.1 Å². The number of rotatable bonds is 7. The Balaban J connectivity index is 1.45. The molecular weight excluding hydrogens is 558 g/mol. The SMILES string of the molecule is Cc1cc(/C=C2\C(=O)N(C)C(=O)N(c3ccccc3)C2=O)c(C)n1-c1ccc(Oc2ccc([N+](=O)[O-])cc2[N+](=O)[O-])cc1. The number of para-hydroxylation sites is 1. The number of amides is 4. The van der Waals surface area contributed by atoms with E-state index in [0.717, 1.165) is 27.6 Å². The van der Waals surface area contributed by atoms with E-state index in [1.54, 1.807) is 60.7 Å². The van der Waals surface area contributed by atoms with Crippen LogP contribution in [-0.4, -0.2) is 44.2 Å². The predicted octanol–water partition coefficient (Wildman–Crippen LogP) is 5.71. The number of carbonyl (C=O) groups is 3. The van der Waals surface area contributed by atoms with Crippen molar-refractivity contribution < 1.29 is 29.0 Å². The molecule has 0 atom stereocenters. The van der Waals surface area contributed by atoms with Crippen molar-refractivity contribution in [2.75, 3.05) is 11.9 Å². The number of nitro benzene ring substituents is 2. The fraction of sp³-hybridized carbons (Fsp3) is 0.100. The van der Waals surface area contributed by atoms with Gasteiger partial charge in [-0.2, -0.15) is 0 Å². The Bertz CT molecular complexity index is 1840. The van der Waals surface area contributed by atoms with E-state index in [2.05, 4.69) is 0 Å². The van der Waals surface area contributed by atoms with Crippen molar-refractivity contribution in [2.45, 2.75) is 13.8 Å². The fourth-order valence-corrected chi connectivity index (χ4v) is 4.77. The summed E-state index contributed by atoms with van der Waals surface area (Å²) in [5.74, 6) is -1.34. The number of nitrogens with zero attached hydrogens (tertiary/aromatic N) is 5. The summed E-state index contributed by atoms with van der Waals surface area (Å²) in [5.41, 5.74) is 1.98. The van der Waals surface area contributed by atoms with Crippen LogP contribution in [0.25, 0.3) is 11.8 Å². The molecule has 0 bridgehead atoms. The van der Waals surface area contributed by atoms with Crippen molar-refractivity contribution in [2.24, 2.45) is 0 Å². The summed E-state index contributed by atoms with van der Waals surface area (Å²) < 4.78 is 7.54. The van der Waals surface area contributed by atoms with Crippen LogP contribution in [0.3, 0.4) is 0 Å². The van der Waals surface area contributed by atoms with Gasteiger partial charge in [-0.1, -0.05) is 18.2 Å². The Labute approximate surface area is 244 Å². The number of urea groups is 1. The Hall–Kier alpha value is -6.11. The number of benzene rings is 3. The molecule has 13 nitrogen and oxygen atoms in total. The molecule has 4 aromatic rings. The molecule has 1 aliphatic heterocycles. The largest absolute Gasteiger partial charge is 0.450 e. The second-order valence-corrected chi connectivity index (χ2v) is 9.60. The molecule has 3 aromatic carbocycles. The van der Waals surface area contributed by atoms with Crippen LogP contribution in [-0.2, 0) is 9.59 Å². The predicted molar refractivity (Wildman–Crippen MR) is 155 cm³/mol. The molecule has 1 fully saturated rings. The maximum absolute atomic E-state index is 13.4. The highest BCUT2D eigenvalue weighted by atomic mass is 16.6. The first-order valence-corrected chi connectivity index (χ1v) is 12.8. The average molecular weight is 582 g/mol. The highest BCUT2D eigenvalue weighted by molar-refractivity contribution is 6.39. The summed E-state index contributed by atoms with van der Waals surface area (Å²) in [4.78, 5) is 62.0. The van der Waals surface area contributed by atoms with Gasteiger partial charge >= 0.3 is 11.7 Å². The molecule has 216 valence electrons. The molecule has 5 rings (SSSR count). The van der Waals surface area contributed by atoms with Crippen LogP contribution in [0.4, 0.5) is 21.9 Å². The zero-order valence-electron chi connectivity index (χ0n) is 23.1. The lowest BCUT2D eigenvalue weighted by Crippen LogP contribution is -2.55. The third-order valence-corrected chi connectivity index (χ3v) is 6.90. The van der Waals surface area contributed by atoms with Crippen LogP contribution < -0.4 is 9.64 Å². The smallest absolute Gasteiger partial charge is 0.338 e. The number of hydrogen-bond donors (Lipinski definition) is 0. The Kier molecular flexibility index (Phi) is 7.30. The molecule has 1 saturated heterocycles. The van der Waals surface area contributed by atoms with Gasteiger partial charge in [0, 0.05) is 30.2 Å². The fourth-order valence-electron chi connectivity index (χ4n) is 4.77. The number of aromatic nitrogens is 1. The number of carbonyl (C=O) groups excluding carboxylic acids is 3.